The fraction of sp³-hybridized carbons (Fsp3) is 0.500. The molecule has 7 heteroatoms. The van der Waals surface area contributed by atoms with Crippen LogP contribution in [0.4, 0.5) is 0 Å². The van der Waals surface area contributed by atoms with Gasteiger partial charge in [0.15, 0.2) is 0 Å². The molecule has 2 heterocycles. The standard InChI is InChI=1S/C14H20N4O2S/c1-17-13-5-3-2-4-12(13)16-14(17)9-18-7-6-11(8-18)10-21(15,19)20/h2-5,11H,6-10H2,1H3,(H2,15,19,20). The summed E-state index contributed by atoms with van der Waals surface area (Å²) in [4.78, 5) is 6.90. The first-order chi connectivity index (χ1) is 9.92. The van der Waals surface area contributed by atoms with Crippen molar-refractivity contribution in [3.8, 4) is 0 Å². The van der Waals surface area contributed by atoms with Crippen molar-refractivity contribution in [2.45, 2.75) is 13.0 Å². The van der Waals surface area contributed by atoms with Crippen molar-refractivity contribution >= 4 is 21.1 Å². The summed E-state index contributed by atoms with van der Waals surface area (Å²) in [6.45, 7) is 2.40. The zero-order chi connectivity index (χ0) is 15.0. The summed E-state index contributed by atoms with van der Waals surface area (Å²) in [5, 5.41) is 5.13. The largest absolute Gasteiger partial charge is 0.330 e. The Kier molecular flexibility index (Phi) is 3.73. The smallest absolute Gasteiger partial charge is 0.209 e. The average molecular weight is 308 g/mol. The Morgan fingerprint density at radius 2 is 2.14 bits per heavy atom. The lowest BCUT2D eigenvalue weighted by Crippen LogP contribution is -2.26. The topological polar surface area (TPSA) is 81.2 Å². The fourth-order valence-corrected chi connectivity index (χ4v) is 3.99. The van der Waals surface area contributed by atoms with E-state index in [0.29, 0.717) is 0 Å². The summed E-state index contributed by atoms with van der Waals surface area (Å²) in [5.41, 5.74) is 2.11. The Morgan fingerprint density at radius 3 is 2.86 bits per heavy atom. The molecular weight excluding hydrogens is 288 g/mol. The second-order valence-electron chi connectivity index (χ2n) is 5.80. The van der Waals surface area contributed by atoms with E-state index in [1.807, 2.05) is 25.2 Å². The molecule has 3 rings (SSSR count). The molecule has 0 spiro atoms. The molecule has 0 saturated carbocycles. The first-order valence-electron chi connectivity index (χ1n) is 7.05. The van der Waals surface area contributed by atoms with Gasteiger partial charge in [-0.25, -0.2) is 18.5 Å². The number of hydrogen-bond donors (Lipinski definition) is 1. The predicted molar refractivity (Wildman–Crippen MR) is 82.1 cm³/mol. The predicted octanol–water partition coefficient (Wildman–Crippen LogP) is 0.684. The SMILES string of the molecule is Cn1c(CN2CCC(CS(N)(=O)=O)C2)nc2ccccc21. The number of hydrogen-bond acceptors (Lipinski definition) is 4. The van der Waals surface area contributed by atoms with Gasteiger partial charge in [0.05, 0.1) is 23.3 Å². The van der Waals surface area contributed by atoms with Crippen LogP contribution in [0.15, 0.2) is 24.3 Å². The zero-order valence-corrected chi connectivity index (χ0v) is 12.9. The van der Waals surface area contributed by atoms with E-state index in [2.05, 4.69) is 20.5 Å². The molecule has 1 aliphatic heterocycles. The maximum absolute atomic E-state index is 11.2. The number of nitrogens with two attached hydrogens (primary N) is 1. The molecule has 0 radical (unpaired) electrons. The fourth-order valence-electron chi connectivity index (χ4n) is 3.06. The summed E-state index contributed by atoms with van der Waals surface area (Å²) in [6, 6.07) is 8.05. The summed E-state index contributed by atoms with van der Waals surface area (Å²) >= 11 is 0. The van der Waals surface area contributed by atoms with Crippen LogP contribution in [0.5, 0.6) is 0 Å². The second-order valence-corrected chi connectivity index (χ2v) is 7.45. The van der Waals surface area contributed by atoms with Gasteiger partial charge in [-0.3, -0.25) is 4.90 Å². The van der Waals surface area contributed by atoms with E-state index in [1.165, 1.54) is 0 Å². The van der Waals surface area contributed by atoms with Crippen molar-refractivity contribution in [3.05, 3.63) is 30.1 Å². The highest BCUT2D eigenvalue weighted by molar-refractivity contribution is 7.89. The molecule has 1 aromatic carbocycles. The van der Waals surface area contributed by atoms with Crippen LogP contribution in [-0.2, 0) is 23.6 Å². The minimum Gasteiger partial charge on any atom is -0.330 e. The quantitative estimate of drug-likeness (QED) is 0.901. The van der Waals surface area contributed by atoms with Crippen LogP contribution in [0.2, 0.25) is 0 Å². The van der Waals surface area contributed by atoms with E-state index in [1.54, 1.807) is 0 Å². The van der Waals surface area contributed by atoms with Gasteiger partial charge in [0.2, 0.25) is 10.0 Å². The van der Waals surface area contributed by atoms with E-state index < -0.39 is 10.0 Å². The molecule has 1 fully saturated rings. The number of primary sulfonamides is 1. The highest BCUT2D eigenvalue weighted by atomic mass is 32.2. The van der Waals surface area contributed by atoms with Crippen molar-refractivity contribution in [2.75, 3.05) is 18.8 Å². The van der Waals surface area contributed by atoms with Crippen LogP contribution < -0.4 is 5.14 Å². The van der Waals surface area contributed by atoms with Gasteiger partial charge in [-0.1, -0.05) is 12.1 Å². The summed E-state index contributed by atoms with van der Waals surface area (Å²) < 4.78 is 24.4. The molecule has 114 valence electrons. The monoisotopic (exact) mass is 308 g/mol. The molecule has 2 aromatic rings. The first kappa shape index (κ1) is 14.5. The van der Waals surface area contributed by atoms with Gasteiger partial charge in [0.25, 0.3) is 0 Å². The molecule has 0 amide bonds. The zero-order valence-electron chi connectivity index (χ0n) is 12.1. The van der Waals surface area contributed by atoms with Gasteiger partial charge in [-0.05, 0) is 31.0 Å². The lowest BCUT2D eigenvalue weighted by atomic mass is 10.2. The minimum absolute atomic E-state index is 0.0754. The van der Waals surface area contributed by atoms with E-state index in [9.17, 15) is 8.42 Å². The molecule has 1 aliphatic rings. The third kappa shape index (κ3) is 3.25. The second kappa shape index (κ2) is 5.40. The van der Waals surface area contributed by atoms with Crippen LogP contribution in [-0.4, -0.2) is 41.7 Å². The van der Waals surface area contributed by atoms with Crippen LogP contribution >= 0.6 is 0 Å². The number of imidazole rings is 1. The molecule has 1 saturated heterocycles. The molecule has 0 aliphatic carbocycles. The molecule has 1 aromatic heterocycles. The lowest BCUT2D eigenvalue weighted by Gasteiger charge is -2.15. The Balaban J connectivity index is 1.71. The van der Waals surface area contributed by atoms with Crippen LogP contribution in [0.1, 0.15) is 12.2 Å². The number of sulfonamides is 1. The average Bonchev–Trinajstić information content (AvgIpc) is 2.95. The van der Waals surface area contributed by atoms with Crippen molar-refractivity contribution < 1.29 is 8.42 Å². The van der Waals surface area contributed by atoms with Gasteiger partial charge in [0, 0.05) is 13.6 Å². The number of rotatable bonds is 4. The van der Waals surface area contributed by atoms with Crippen molar-refractivity contribution in [1.29, 1.82) is 0 Å². The van der Waals surface area contributed by atoms with E-state index in [4.69, 9.17) is 5.14 Å². The van der Waals surface area contributed by atoms with E-state index in [-0.39, 0.29) is 11.7 Å². The summed E-state index contributed by atoms with van der Waals surface area (Å²) in [7, 11) is -1.36. The van der Waals surface area contributed by atoms with Crippen molar-refractivity contribution in [3.63, 3.8) is 0 Å². The Hall–Kier alpha value is -1.44. The van der Waals surface area contributed by atoms with Gasteiger partial charge < -0.3 is 4.57 Å². The van der Waals surface area contributed by atoms with Gasteiger partial charge in [-0.15, -0.1) is 0 Å². The van der Waals surface area contributed by atoms with Crippen molar-refractivity contribution in [1.82, 2.24) is 14.5 Å². The molecule has 1 atom stereocenters. The lowest BCUT2D eigenvalue weighted by molar-refractivity contribution is 0.309. The molecule has 2 N–H and O–H groups in total. The number of aryl methyl sites for hydroxylation is 1. The Morgan fingerprint density at radius 1 is 1.38 bits per heavy atom. The number of aromatic nitrogens is 2. The summed E-state index contributed by atoms with van der Waals surface area (Å²) in [5.74, 6) is 1.22. The number of benzene rings is 1. The minimum atomic E-state index is -3.38. The van der Waals surface area contributed by atoms with Crippen LogP contribution in [0.25, 0.3) is 11.0 Å². The van der Waals surface area contributed by atoms with E-state index >= 15 is 0 Å². The number of para-hydroxylation sites is 2. The maximum atomic E-state index is 11.2. The third-order valence-electron chi connectivity index (χ3n) is 4.08. The molecule has 0 bridgehead atoms. The van der Waals surface area contributed by atoms with Gasteiger partial charge >= 0.3 is 0 Å². The molecular formula is C14H20N4O2S. The summed E-state index contributed by atoms with van der Waals surface area (Å²) in [6.07, 6.45) is 0.875. The normalized spacial score (nSPS) is 20.4. The van der Waals surface area contributed by atoms with Crippen molar-refractivity contribution in [2.24, 2.45) is 18.1 Å². The Labute approximate surface area is 124 Å². The number of likely N-dealkylation sites (tertiary alicyclic amines) is 1. The van der Waals surface area contributed by atoms with E-state index in [0.717, 1.165) is 42.9 Å². The highest BCUT2D eigenvalue weighted by Crippen LogP contribution is 2.21. The number of fused-ring (bicyclic) bond motifs is 1. The third-order valence-corrected chi connectivity index (χ3v) is 5.02. The van der Waals surface area contributed by atoms with Crippen LogP contribution in [0.3, 0.4) is 0 Å². The van der Waals surface area contributed by atoms with Crippen LogP contribution in [0, 0.1) is 5.92 Å². The molecule has 21 heavy (non-hydrogen) atoms. The maximum Gasteiger partial charge on any atom is 0.209 e. The van der Waals surface area contributed by atoms with Gasteiger partial charge in [0.1, 0.15) is 5.82 Å². The highest BCUT2D eigenvalue weighted by Gasteiger charge is 2.26. The molecule has 6 nitrogen and oxygen atoms in total. The molecule has 1 unspecified atom stereocenters. The number of nitrogens with zero attached hydrogens (tertiary/aromatic N) is 3. The Bertz CT molecular complexity index is 753. The first-order valence-corrected chi connectivity index (χ1v) is 8.77. The van der Waals surface area contributed by atoms with Gasteiger partial charge in [-0.2, -0.15) is 0 Å².